The van der Waals surface area contributed by atoms with Crippen LogP contribution < -0.4 is 5.32 Å². The first-order chi connectivity index (χ1) is 7.65. The Labute approximate surface area is 101 Å². The zero-order chi connectivity index (χ0) is 12.0. The van der Waals surface area contributed by atoms with Crippen molar-refractivity contribution in [2.24, 2.45) is 0 Å². The molecule has 16 heavy (non-hydrogen) atoms. The lowest BCUT2D eigenvalue weighted by atomic mass is 10.3. The molecule has 0 aromatic rings. The SMILES string of the molecule is CCSCCCN1CCC(=O)NC(C)C1=O. The number of nitrogens with zero attached hydrogens (tertiary/aromatic N) is 1. The molecule has 0 radical (unpaired) electrons. The highest BCUT2D eigenvalue weighted by atomic mass is 32.2. The molecule has 1 aliphatic rings. The Bertz CT molecular complexity index is 258. The van der Waals surface area contributed by atoms with Crippen LogP contribution in [0.1, 0.15) is 26.7 Å². The molecule has 1 heterocycles. The zero-order valence-corrected chi connectivity index (χ0v) is 10.8. The van der Waals surface area contributed by atoms with Crippen LogP contribution in [0.25, 0.3) is 0 Å². The summed E-state index contributed by atoms with van der Waals surface area (Å²) in [6.45, 7) is 5.21. The van der Waals surface area contributed by atoms with Gasteiger partial charge in [-0.05, 0) is 24.9 Å². The Morgan fingerprint density at radius 1 is 1.50 bits per heavy atom. The molecule has 4 nitrogen and oxygen atoms in total. The van der Waals surface area contributed by atoms with E-state index in [2.05, 4.69) is 12.2 Å². The van der Waals surface area contributed by atoms with Crippen LogP contribution in [0.4, 0.5) is 0 Å². The van der Waals surface area contributed by atoms with E-state index in [1.807, 2.05) is 11.8 Å². The maximum absolute atomic E-state index is 11.9. The van der Waals surface area contributed by atoms with Crippen LogP contribution in [-0.4, -0.2) is 47.4 Å². The van der Waals surface area contributed by atoms with E-state index in [1.54, 1.807) is 11.8 Å². The molecule has 1 atom stereocenters. The van der Waals surface area contributed by atoms with E-state index in [4.69, 9.17) is 0 Å². The van der Waals surface area contributed by atoms with Gasteiger partial charge in [-0.3, -0.25) is 9.59 Å². The molecule has 1 saturated heterocycles. The fourth-order valence-electron chi connectivity index (χ4n) is 1.72. The number of carbonyl (C=O) groups is 2. The Morgan fingerprint density at radius 2 is 2.25 bits per heavy atom. The Kier molecular flexibility index (Phi) is 5.66. The number of hydrogen-bond donors (Lipinski definition) is 1. The maximum atomic E-state index is 11.9. The molecule has 1 N–H and O–H groups in total. The highest BCUT2D eigenvalue weighted by molar-refractivity contribution is 7.99. The first-order valence-electron chi connectivity index (χ1n) is 5.81. The van der Waals surface area contributed by atoms with Crippen LogP contribution in [-0.2, 0) is 9.59 Å². The van der Waals surface area contributed by atoms with Gasteiger partial charge in [0.15, 0.2) is 0 Å². The standard InChI is InChI=1S/C11H20N2O2S/c1-3-16-8-4-6-13-7-5-10(14)12-9(2)11(13)15/h9H,3-8H2,1-2H3,(H,12,14). The van der Waals surface area contributed by atoms with Gasteiger partial charge in [-0.15, -0.1) is 0 Å². The fourth-order valence-corrected chi connectivity index (χ4v) is 2.34. The van der Waals surface area contributed by atoms with E-state index in [0.717, 1.165) is 24.5 Å². The molecular formula is C11H20N2O2S. The molecule has 0 aliphatic carbocycles. The summed E-state index contributed by atoms with van der Waals surface area (Å²) in [6.07, 6.45) is 1.43. The molecule has 1 fully saturated rings. The molecule has 2 amide bonds. The van der Waals surface area contributed by atoms with E-state index in [0.29, 0.717) is 13.0 Å². The first kappa shape index (κ1) is 13.4. The van der Waals surface area contributed by atoms with Crippen molar-refractivity contribution in [2.45, 2.75) is 32.7 Å². The quantitative estimate of drug-likeness (QED) is 0.730. The summed E-state index contributed by atoms with van der Waals surface area (Å²) in [5.41, 5.74) is 0. The lowest BCUT2D eigenvalue weighted by Gasteiger charge is -2.21. The third kappa shape index (κ3) is 4.04. The van der Waals surface area contributed by atoms with Gasteiger partial charge in [-0.1, -0.05) is 6.92 Å². The van der Waals surface area contributed by atoms with Crippen molar-refractivity contribution < 1.29 is 9.59 Å². The average molecular weight is 244 g/mol. The summed E-state index contributed by atoms with van der Waals surface area (Å²) in [6, 6.07) is -0.367. The first-order valence-corrected chi connectivity index (χ1v) is 6.96. The van der Waals surface area contributed by atoms with Crippen molar-refractivity contribution >= 4 is 23.6 Å². The number of thioether (sulfide) groups is 1. The van der Waals surface area contributed by atoms with Crippen molar-refractivity contribution in [1.82, 2.24) is 10.2 Å². The topological polar surface area (TPSA) is 49.4 Å². The summed E-state index contributed by atoms with van der Waals surface area (Å²) < 4.78 is 0. The molecule has 0 aromatic heterocycles. The van der Waals surface area contributed by atoms with E-state index in [9.17, 15) is 9.59 Å². The van der Waals surface area contributed by atoms with Gasteiger partial charge in [0.25, 0.3) is 0 Å². The van der Waals surface area contributed by atoms with Gasteiger partial charge in [0.05, 0.1) is 0 Å². The van der Waals surface area contributed by atoms with Crippen molar-refractivity contribution in [3.05, 3.63) is 0 Å². The van der Waals surface area contributed by atoms with Gasteiger partial charge in [-0.25, -0.2) is 0 Å². The van der Waals surface area contributed by atoms with Crippen molar-refractivity contribution in [3.8, 4) is 0 Å². The third-order valence-electron chi connectivity index (χ3n) is 2.59. The molecular weight excluding hydrogens is 224 g/mol. The summed E-state index contributed by atoms with van der Waals surface area (Å²) in [5, 5.41) is 2.69. The highest BCUT2D eigenvalue weighted by Gasteiger charge is 2.25. The molecule has 5 heteroatoms. The van der Waals surface area contributed by atoms with Crippen LogP contribution in [0, 0.1) is 0 Å². The summed E-state index contributed by atoms with van der Waals surface area (Å²) >= 11 is 1.88. The van der Waals surface area contributed by atoms with Crippen molar-refractivity contribution in [1.29, 1.82) is 0 Å². The van der Waals surface area contributed by atoms with E-state index < -0.39 is 0 Å². The zero-order valence-electron chi connectivity index (χ0n) is 9.99. The van der Waals surface area contributed by atoms with E-state index in [-0.39, 0.29) is 17.9 Å². The molecule has 92 valence electrons. The molecule has 1 aliphatic heterocycles. The average Bonchev–Trinajstić information content (AvgIpc) is 2.37. The number of rotatable bonds is 5. The number of hydrogen-bond acceptors (Lipinski definition) is 3. The van der Waals surface area contributed by atoms with Gasteiger partial charge >= 0.3 is 0 Å². The molecule has 0 bridgehead atoms. The summed E-state index contributed by atoms with van der Waals surface area (Å²) in [7, 11) is 0. The predicted octanol–water partition coefficient (Wildman–Crippen LogP) is 0.867. The number of nitrogens with one attached hydrogen (secondary N) is 1. The van der Waals surface area contributed by atoms with Crippen molar-refractivity contribution in [3.63, 3.8) is 0 Å². The fraction of sp³-hybridized carbons (Fsp3) is 0.818. The normalized spacial score (nSPS) is 21.9. The third-order valence-corrected chi connectivity index (χ3v) is 3.57. The van der Waals surface area contributed by atoms with Crippen LogP contribution >= 0.6 is 11.8 Å². The second-order valence-electron chi connectivity index (χ2n) is 3.91. The Morgan fingerprint density at radius 3 is 2.94 bits per heavy atom. The smallest absolute Gasteiger partial charge is 0.244 e. The van der Waals surface area contributed by atoms with Gasteiger partial charge in [0.2, 0.25) is 11.8 Å². The summed E-state index contributed by atoms with van der Waals surface area (Å²) in [5.74, 6) is 2.22. The van der Waals surface area contributed by atoms with Crippen LogP contribution in [0.5, 0.6) is 0 Å². The van der Waals surface area contributed by atoms with Crippen LogP contribution in [0.15, 0.2) is 0 Å². The highest BCUT2D eigenvalue weighted by Crippen LogP contribution is 2.07. The molecule has 1 rings (SSSR count). The van der Waals surface area contributed by atoms with Crippen LogP contribution in [0.2, 0.25) is 0 Å². The Hall–Kier alpha value is -0.710. The number of carbonyl (C=O) groups excluding carboxylic acids is 2. The molecule has 1 unspecified atom stereocenters. The summed E-state index contributed by atoms with van der Waals surface area (Å²) in [4.78, 5) is 24.9. The van der Waals surface area contributed by atoms with Crippen molar-refractivity contribution in [2.75, 3.05) is 24.6 Å². The van der Waals surface area contributed by atoms with Gasteiger partial charge in [-0.2, -0.15) is 11.8 Å². The largest absolute Gasteiger partial charge is 0.345 e. The second kappa shape index (κ2) is 6.78. The molecule has 0 aromatic carbocycles. The monoisotopic (exact) mass is 244 g/mol. The minimum absolute atomic E-state index is 0.0220. The van der Waals surface area contributed by atoms with Gasteiger partial charge in [0, 0.05) is 19.5 Å². The van der Waals surface area contributed by atoms with Gasteiger partial charge in [0.1, 0.15) is 6.04 Å². The van der Waals surface area contributed by atoms with E-state index in [1.165, 1.54) is 0 Å². The molecule has 0 saturated carbocycles. The minimum Gasteiger partial charge on any atom is -0.345 e. The lowest BCUT2D eigenvalue weighted by molar-refractivity contribution is -0.133. The second-order valence-corrected chi connectivity index (χ2v) is 5.31. The van der Waals surface area contributed by atoms with Crippen LogP contribution in [0.3, 0.4) is 0 Å². The lowest BCUT2D eigenvalue weighted by Crippen LogP contribution is -2.43. The maximum Gasteiger partial charge on any atom is 0.244 e. The Balaban J connectivity index is 2.38. The molecule has 0 spiro atoms. The minimum atomic E-state index is -0.367. The van der Waals surface area contributed by atoms with E-state index >= 15 is 0 Å². The predicted molar refractivity (Wildman–Crippen MR) is 66.4 cm³/mol. The van der Waals surface area contributed by atoms with Gasteiger partial charge < -0.3 is 10.2 Å². The number of amides is 2.